The number of halogens is 2. The highest BCUT2D eigenvalue weighted by atomic mass is 79.9. The van der Waals surface area contributed by atoms with Gasteiger partial charge in [-0.2, -0.15) is 0 Å². The number of anilines is 1. The smallest absolute Gasteiger partial charge is 0.335 e. The molecule has 0 amide bonds. The van der Waals surface area contributed by atoms with Crippen molar-refractivity contribution < 1.29 is 9.53 Å². The zero-order valence-corrected chi connectivity index (χ0v) is 14.7. The van der Waals surface area contributed by atoms with Gasteiger partial charge < -0.3 is 10.1 Å². The van der Waals surface area contributed by atoms with E-state index in [1.54, 1.807) is 19.1 Å². The van der Waals surface area contributed by atoms with Crippen LogP contribution in [0.3, 0.4) is 0 Å². The quantitative estimate of drug-likeness (QED) is 0.760. The van der Waals surface area contributed by atoms with Gasteiger partial charge in [-0.3, -0.25) is 0 Å². The number of benzene rings is 1. The van der Waals surface area contributed by atoms with Crippen molar-refractivity contribution in [2.24, 2.45) is 0 Å². The molecule has 0 bridgehead atoms. The maximum Gasteiger partial charge on any atom is 0.335 e. The van der Waals surface area contributed by atoms with E-state index in [1.807, 2.05) is 18.4 Å². The van der Waals surface area contributed by atoms with E-state index in [4.69, 9.17) is 16.3 Å². The summed E-state index contributed by atoms with van der Waals surface area (Å²) in [5, 5.41) is 6.34. The molecule has 21 heavy (non-hydrogen) atoms. The Balaban J connectivity index is 2.27. The van der Waals surface area contributed by atoms with Gasteiger partial charge in [0.25, 0.3) is 0 Å². The Labute approximate surface area is 140 Å². The summed E-state index contributed by atoms with van der Waals surface area (Å²) in [6.07, 6.45) is 0. The maximum absolute atomic E-state index is 12.2. The van der Waals surface area contributed by atoms with E-state index < -0.39 is 6.04 Å². The number of nitrogens with zero attached hydrogens (tertiary/aromatic N) is 1. The van der Waals surface area contributed by atoms with Crippen LogP contribution in [0.4, 0.5) is 5.69 Å². The normalized spacial score (nSPS) is 12.0. The van der Waals surface area contributed by atoms with Gasteiger partial charge >= 0.3 is 5.97 Å². The van der Waals surface area contributed by atoms with Crippen LogP contribution in [-0.2, 0) is 9.53 Å². The Morgan fingerprint density at radius 1 is 1.57 bits per heavy atom. The van der Waals surface area contributed by atoms with Gasteiger partial charge in [-0.15, -0.1) is 11.3 Å². The third-order valence-corrected chi connectivity index (χ3v) is 4.88. The molecule has 1 aromatic carbocycles. The molecule has 0 aliphatic heterocycles. The summed E-state index contributed by atoms with van der Waals surface area (Å²) in [5.74, 6) is -0.349. The largest absolute Gasteiger partial charge is 0.464 e. The topological polar surface area (TPSA) is 51.2 Å². The molecule has 7 heteroatoms. The standard InChI is InChI=1S/C14H14BrClN2O2S/c1-3-20-14(19)12(13-17-8(2)7-21-13)18-9-4-5-11(16)10(15)6-9/h4-7,12,18H,3H2,1-2H3. The first-order chi connectivity index (χ1) is 10.0. The van der Waals surface area contributed by atoms with Crippen molar-refractivity contribution in [1.82, 2.24) is 4.98 Å². The Bertz CT molecular complexity index is 648. The molecule has 112 valence electrons. The van der Waals surface area contributed by atoms with Crippen molar-refractivity contribution >= 4 is 50.5 Å². The molecule has 1 aromatic heterocycles. The summed E-state index contributed by atoms with van der Waals surface area (Å²) >= 11 is 10.8. The van der Waals surface area contributed by atoms with E-state index in [1.165, 1.54) is 11.3 Å². The molecule has 2 aromatic rings. The van der Waals surface area contributed by atoms with E-state index in [-0.39, 0.29) is 5.97 Å². The monoisotopic (exact) mass is 388 g/mol. The highest BCUT2D eigenvalue weighted by molar-refractivity contribution is 9.10. The molecule has 1 atom stereocenters. The van der Waals surface area contributed by atoms with Crippen molar-refractivity contribution in [3.8, 4) is 0 Å². The summed E-state index contributed by atoms with van der Waals surface area (Å²) in [6.45, 7) is 3.99. The van der Waals surface area contributed by atoms with E-state index in [9.17, 15) is 4.79 Å². The minimum absolute atomic E-state index is 0.325. The summed E-state index contributed by atoms with van der Waals surface area (Å²) in [5.41, 5.74) is 1.64. The van der Waals surface area contributed by atoms with Gasteiger partial charge in [-0.1, -0.05) is 11.6 Å². The van der Waals surface area contributed by atoms with Crippen LogP contribution in [0.25, 0.3) is 0 Å². The lowest BCUT2D eigenvalue weighted by atomic mass is 10.2. The second kappa shape index (κ2) is 7.24. The van der Waals surface area contributed by atoms with Crippen LogP contribution in [0.2, 0.25) is 5.02 Å². The molecule has 0 aliphatic rings. The van der Waals surface area contributed by atoms with Crippen LogP contribution in [0.5, 0.6) is 0 Å². The minimum atomic E-state index is -0.628. The second-order valence-electron chi connectivity index (χ2n) is 4.29. The molecular formula is C14H14BrClN2O2S. The number of aryl methyl sites for hydroxylation is 1. The van der Waals surface area contributed by atoms with Gasteiger partial charge in [0.15, 0.2) is 6.04 Å². The van der Waals surface area contributed by atoms with Gasteiger partial charge in [-0.25, -0.2) is 9.78 Å². The highest BCUT2D eigenvalue weighted by Gasteiger charge is 2.25. The number of esters is 1. The summed E-state index contributed by atoms with van der Waals surface area (Å²) in [6, 6.07) is 4.75. The average molecular weight is 390 g/mol. The third-order valence-electron chi connectivity index (χ3n) is 2.64. The lowest BCUT2D eigenvalue weighted by molar-refractivity contribution is -0.144. The number of ether oxygens (including phenoxy) is 1. The fourth-order valence-electron chi connectivity index (χ4n) is 1.70. The van der Waals surface area contributed by atoms with Gasteiger partial charge in [0.1, 0.15) is 5.01 Å². The predicted molar refractivity (Wildman–Crippen MR) is 89.0 cm³/mol. The van der Waals surface area contributed by atoms with E-state index in [0.29, 0.717) is 16.6 Å². The Kier molecular flexibility index (Phi) is 5.61. The molecule has 0 saturated carbocycles. The van der Waals surface area contributed by atoms with Crippen LogP contribution in [0, 0.1) is 6.92 Å². The molecule has 0 saturated heterocycles. The summed E-state index contributed by atoms with van der Waals surface area (Å²) < 4.78 is 5.88. The van der Waals surface area contributed by atoms with E-state index in [2.05, 4.69) is 26.2 Å². The molecule has 0 radical (unpaired) electrons. The lowest BCUT2D eigenvalue weighted by Crippen LogP contribution is -2.23. The number of hydrogen-bond donors (Lipinski definition) is 1. The van der Waals surface area contributed by atoms with Crippen LogP contribution in [0.15, 0.2) is 28.1 Å². The molecule has 1 N–H and O–H groups in total. The molecule has 4 nitrogen and oxygen atoms in total. The fourth-order valence-corrected chi connectivity index (χ4v) is 3.03. The van der Waals surface area contributed by atoms with E-state index >= 15 is 0 Å². The first-order valence-corrected chi connectivity index (χ1v) is 8.36. The van der Waals surface area contributed by atoms with Crippen molar-refractivity contribution in [3.05, 3.63) is 43.8 Å². The van der Waals surface area contributed by atoms with Gasteiger partial charge in [0.05, 0.1) is 11.6 Å². The van der Waals surface area contributed by atoms with Gasteiger partial charge in [0.2, 0.25) is 0 Å². The number of carbonyl (C=O) groups excluding carboxylic acids is 1. The zero-order chi connectivity index (χ0) is 15.4. The molecule has 0 fully saturated rings. The van der Waals surface area contributed by atoms with Crippen molar-refractivity contribution in [3.63, 3.8) is 0 Å². The first-order valence-electron chi connectivity index (χ1n) is 6.31. The maximum atomic E-state index is 12.2. The van der Waals surface area contributed by atoms with Gasteiger partial charge in [-0.05, 0) is 48.0 Å². The number of aromatic nitrogens is 1. The van der Waals surface area contributed by atoms with Crippen LogP contribution in [-0.4, -0.2) is 17.6 Å². The minimum Gasteiger partial charge on any atom is -0.464 e. The summed E-state index contributed by atoms with van der Waals surface area (Å²) in [7, 11) is 0. The number of hydrogen-bond acceptors (Lipinski definition) is 5. The van der Waals surface area contributed by atoms with Crippen molar-refractivity contribution in [2.75, 3.05) is 11.9 Å². The molecule has 1 heterocycles. The Morgan fingerprint density at radius 2 is 2.33 bits per heavy atom. The first kappa shape index (κ1) is 16.3. The SMILES string of the molecule is CCOC(=O)C(Nc1ccc(Cl)c(Br)c1)c1nc(C)cs1. The predicted octanol–water partition coefficient (Wildman–Crippen LogP) is 4.58. The van der Waals surface area contributed by atoms with Crippen LogP contribution >= 0.6 is 38.9 Å². The van der Waals surface area contributed by atoms with Crippen LogP contribution in [0.1, 0.15) is 23.7 Å². The van der Waals surface area contributed by atoms with Crippen molar-refractivity contribution in [2.45, 2.75) is 19.9 Å². The summed E-state index contributed by atoms with van der Waals surface area (Å²) in [4.78, 5) is 16.5. The Hall–Kier alpha value is -1.11. The fraction of sp³-hybridized carbons (Fsp3) is 0.286. The number of carbonyl (C=O) groups is 1. The number of nitrogens with one attached hydrogen (secondary N) is 1. The molecule has 1 unspecified atom stereocenters. The van der Waals surface area contributed by atoms with Gasteiger partial charge in [0, 0.05) is 21.2 Å². The molecular weight excluding hydrogens is 376 g/mol. The van der Waals surface area contributed by atoms with E-state index in [0.717, 1.165) is 15.9 Å². The van der Waals surface area contributed by atoms with Crippen LogP contribution < -0.4 is 5.32 Å². The average Bonchev–Trinajstić information content (AvgIpc) is 2.86. The second-order valence-corrected chi connectivity index (χ2v) is 6.44. The van der Waals surface area contributed by atoms with Crippen molar-refractivity contribution in [1.29, 1.82) is 0 Å². The third kappa shape index (κ3) is 4.18. The molecule has 0 aliphatic carbocycles. The number of thiazole rings is 1. The highest BCUT2D eigenvalue weighted by Crippen LogP contribution is 2.29. The number of rotatable bonds is 5. The molecule has 0 spiro atoms. The Morgan fingerprint density at radius 3 is 2.90 bits per heavy atom. The molecule has 2 rings (SSSR count). The zero-order valence-electron chi connectivity index (χ0n) is 11.5. The lowest BCUT2D eigenvalue weighted by Gasteiger charge is -2.16.